The zero-order chi connectivity index (χ0) is 52.2. The van der Waals surface area contributed by atoms with Crippen LogP contribution in [0.5, 0.6) is 0 Å². The second-order valence-corrected chi connectivity index (χ2v) is 22.2. The largest absolute Gasteiger partial charge is 0.326 e. The van der Waals surface area contributed by atoms with Crippen LogP contribution in [-0.4, -0.2) is 33.5 Å². The number of imidazole rings is 4. The van der Waals surface area contributed by atoms with Crippen LogP contribution in [0.1, 0.15) is 7.43 Å². The lowest BCUT2D eigenvalue weighted by Gasteiger charge is -2.13. The molecule has 18 heteroatoms. The van der Waals surface area contributed by atoms with Gasteiger partial charge < -0.3 is 15.6 Å². The molecule has 9 nitrogen and oxygen atoms in total. The summed E-state index contributed by atoms with van der Waals surface area (Å²) in [5.41, 5.74) is 11.9. The van der Waals surface area contributed by atoms with Crippen molar-refractivity contribution >= 4 is 188 Å². The minimum atomic E-state index is -0.246. The molecule has 0 atom stereocenters. The van der Waals surface area contributed by atoms with E-state index in [1.165, 1.54) is 6.07 Å². The molecular weight excluding hydrogens is 1350 g/mol. The van der Waals surface area contributed by atoms with Crippen LogP contribution in [0.25, 0.3) is 61.3 Å². The smallest absolute Gasteiger partial charge is 0.220 e. The molecule has 3 N–H and O–H groups in total. The number of nitrogens with zero attached hydrogens (tertiary/aromatic N) is 6. The van der Waals surface area contributed by atoms with Gasteiger partial charge in [-0.15, -0.1) is 0 Å². The first-order valence-electron chi connectivity index (χ1n) is 22.7. The van der Waals surface area contributed by atoms with Crippen LogP contribution in [0.3, 0.4) is 0 Å². The van der Waals surface area contributed by atoms with Crippen LogP contribution in [0.2, 0.25) is 15.1 Å². The van der Waals surface area contributed by atoms with Gasteiger partial charge in [0.05, 0.1) is 60.0 Å². The highest BCUT2D eigenvalue weighted by Gasteiger charge is 2.18. The summed E-state index contributed by atoms with van der Waals surface area (Å²) in [6.07, 6.45) is 0. The summed E-state index contributed by atoms with van der Waals surface area (Å²) in [5, 5.41) is 8.65. The standard InChI is InChI=1S/C19H12Br2ClN3.C19H11BrClN3.C13H10ClN3.C6H3Br2F.CH4/c20-12-8-9-15(21)18(10-12)25-17-7-2-1-6-16(17)24-19(25)23-14-5-3-4-13(22)11-14;20-12-8-9-17-18(10-12)24-16-7-2-1-6-15(16)22-19(24)23(17)14-5-3-4-13(21)11-14;14-9-4-3-5-10(8-9)15-13-16-11-6-1-2-7-12(11)17-13;7-4-1-2-5(8)6(9)3-4;/h1-11H,(H,23,24);1-11H;1-8H,(H2,15,16,17);1-3H;1H4. The molecule has 4 aromatic heterocycles. The Morgan fingerprint density at radius 2 is 1.01 bits per heavy atom. The molecule has 380 valence electrons. The van der Waals surface area contributed by atoms with Crippen molar-refractivity contribution in [3.63, 3.8) is 0 Å². The van der Waals surface area contributed by atoms with E-state index in [1.807, 2.05) is 152 Å². The number of aromatic amines is 1. The highest BCUT2D eigenvalue weighted by Crippen LogP contribution is 2.35. The van der Waals surface area contributed by atoms with E-state index >= 15 is 0 Å². The molecule has 0 bridgehead atoms. The molecule has 0 aliphatic rings. The number of nitrogens with one attached hydrogen (secondary N) is 3. The molecule has 76 heavy (non-hydrogen) atoms. The van der Waals surface area contributed by atoms with E-state index < -0.39 is 0 Å². The average molecular weight is 1390 g/mol. The summed E-state index contributed by atoms with van der Waals surface area (Å²) in [5.74, 6) is 2.08. The zero-order valence-corrected chi connectivity index (χ0v) is 48.8. The first-order chi connectivity index (χ1) is 36.3. The van der Waals surface area contributed by atoms with Crippen LogP contribution in [0.4, 0.5) is 27.7 Å². The van der Waals surface area contributed by atoms with Crippen LogP contribution in [0.15, 0.2) is 223 Å². The number of hydrogen-bond donors (Lipinski definition) is 3. The summed E-state index contributed by atoms with van der Waals surface area (Å²) in [6.45, 7) is 0. The van der Waals surface area contributed by atoms with Crippen molar-refractivity contribution in [3.8, 4) is 11.4 Å². The lowest BCUT2D eigenvalue weighted by Crippen LogP contribution is -2.02. The molecule has 0 unspecified atom stereocenters. The van der Waals surface area contributed by atoms with E-state index in [-0.39, 0.29) is 13.2 Å². The quantitative estimate of drug-likeness (QED) is 0.144. The van der Waals surface area contributed by atoms with Crippen molar-refractivity contribution in [2.24, 2.45) is 0 Å². The highest BCUT2D eigenvalue weighted by molar-refractivity contribution is 9.11. The number of fused-ring (bicyclic) bond motifs is 7. The van der Waals surface area contributed by atoms with Crippen LogP contribution in [-0.2, 0) is 0 Å². The molecule has 0 aliphatic heterocycles. The van der Waals surface area contributed by atoms with E-state index in [9.17, 15) is 4.39 Å². The number of halogens is 9. The maximum atomic E-state index is 12.5. The molecule has 4 heterocycles. The van der Waals surface area contributed by atoms with E-state index in [0.29, 0.717) is 25.5 Å². The highest BCUT2D eigenvalue weighted by atomic mass is 79.9. The number of hydrogen-bond acceptors (Lipinski definition) is 5. The van der Waals surface area contributed by atoms with Crippen molar-refractivity contribution in [1.82, 2.24) is 33.5 Å². The van der Waals surface area contributed by atoms with Gasteiger partial charge >= 0.3 is 0 Å². The van der Waals surface area contributed by atoms with Crippen molar-refractivity contribution in [1.29, 1.82) is 0 Å². The molecule has 0 radical (unpaired) electrons. The fraction of sp³-hybridized carbons (Fsp3) is 0.0172. The third kappa shape index (κ3) is 12.5. The average Bonchev–Trinajstić information content (AvgIpc) is 4.17. The molecule has 0 spiro atoms. The lowest BCUT2D eigenvalue weighted by molar-refractivity contribution is 0.620. The predicted molar refractivity (Wildman–Crippen MR) is 333 cm³/mol. The number of para-hydroxylation sites is 6. The van der Waals surface area contributed by atoms with Crippen LogP contribution in [0, 0.1) is 5.82 Å². The Morgan fingerprint density at radius 1 is 0.447 bits per heavy atom. The Kier molecular flexibility index (Phi) is 17.7. The first-order valence-corrected chi connectivity index (χ1v) is 27.8. The van der Waals surface area contributed by atoms with E-state index in [4.69, 9.17) is 44.8 Å². The molecular formula is C58H40Br5Cl3FN9. The topological polar surface area (TPSA) is 92.8 Å². The Balaban J connectivity index is 0.000000130. The molecule has 9 aromatic carbocycles. The van der Waals surface area contributed by atoms with Gasteiger partial charge in [-0.25, -0.2) is 19.3 Å². The lowest BCUT2D eigenvalue weighted by atomic mass is 10.2. The molecule has 0 saturated heterocycles. The number of anilines is 4. The zero-order valence-electron chi connectivity index (χ0n) is 38.6. The maximum absolute atomic E-state index is 12.5. The van der Waals surface area contributed by atoms with Gasteiger partial charge in [0.25, 0.3) is 0 Å². The van der Waals surface area contributed by atoms with Gasteiger partial charge in [-0.2, -0.15) is 0 Å². The van der Waals surface area contributed by atoms with E-state index in [2.05, 4.69) is 144 Å². The van der Waals surface area contributed by atoms with Crippen molar-refractivity contribution in [2.45, 2.75) is 7.43 Å². The maximum Gasteiger partial charge on any atom is 0.220 e. The Bertz CT molecular complexity index is 4160. The minimum Gasteiger partial charge on any atom is -0.326 e. The summed E-state index contributed by atoms with van der Waals surface area (Å²) >= 11 is 35.2. The van der Waals surface area contributed by atoms with Gasteiger partial charge in [-0.1, -0.05) is 145 Å². The van der Waals surface area contributed by atoms with Crippen LogP contribution >= 0.6 is 114 Å². The fourth-order valence-corrected chi connectivity index (χ4v) is 10.4. The second kappa shape index (κ2) is 24.5. The number of rotatable bonds is 6. The Labute approximate surface area is 493 Å². The normalized spacial score (nSPS) is 10.9. The second-order valence-electron chi connectivity index (χ2n) is 16.5. The summed E-state index contributed by atoms with van der Waals surface area (Å²) < 4.78 is 23.2. The van der Waals surface area contributed by atoms with Gasteiger partial charge in [-0.05, 0) is 177 Å². The molecule has 0 amide bonds. The molecule has 13 aromatic rings. The minimum absolute atomic E-state index is 0. The van der Waals surface area contributed by atoms with Gasteiger partial charge in [-0.3, -0.25) is 13.5 Å². The van der Waals surface area contributed by atoms with Crippen molar-refractivity contribution in [2.75, 3.05) is 10.6 Å². The third-order valence-corrected chi connectivity index (χ3v) is 14.9. The summed E-state index contributed by atoms with van der Waals surface area (Å²) in [6, 6.07) is 64.3. The van der Waals surface area contributed by atoms with E-state index in [1.54, 1.807) is 12.1 Å². The Hall–Kier alpha value is -6.01. The van der Waals surface area contributed by atoms with Gasteiger partial charge in [0, 0.05) is 44.3 Å². The van der Waals surface area contributed by atoms with Crippen molar-refractivity contribution < 1.29 is 4.39 Å². The van der Waals surface area contributed by atoms with Gasteiger partial charge in [0.15, 0.2) is 0 Å². The predicted octanol–water partition coefficient (Wildman–Crippen LogP) is 20.7. The third-order valence-electron chi connectivity index (χ3n) is 11.4. The number of aromatic nitrogens is 7. The monoisotopic (exact) mass is 1380 g/mol. The SMILES string of the molecule is C.Clc1cccc(-n2c3ccc(Br)cc3n3c4ccccc4nc23)c1.Clc1cccc(Nc2nc3ccccc3[nH]2)c1.Clc1cccc(Nc2nc3ccccc3n2-c2cc(Br)ccc2Br)c1.Fc1cc(Br)ccc1Br. The molecule has 0 fully saturated rings. The molecule has 13 rings (SSSR count). The van der Waals surface area contributed by atoms with Crippen LogP contribution < -0.4 is 10.6 Å². The number of H-pyrrole nitrogens is 1. The first kappa shape index (κ1) is 54.8. The summed E-state index contributed by atoms with van der Waals surface area (Å²) in [7, 11) is 0. The van der Waals surface area contributed by atoms with Gasteiger partial charge in [0.2, 0.25) is 17.7 Å². The Morgan fingerprint density at radius 3 is 1.67 bits per heavy atom. The molecule has 0 saturated carbocycles. The number of benzene rings is 9. The summed E-state index contributed by atoms with van der Waals surface area (Å²) in [4.78, 5) is 17.2. The molecule has 0 aliphatic carbocycles. The fourth-order valence-electron chi connectivity index (χ4n) is 8.13. The van der Waals surface area contributed by atoms with Crippen molar-refractivity contribution in [3.05, 3.63) is 243 Å². The van der Waals surface area contributed by atoms with Gasteiger partial charge in [0.1, 0.15) is 5.82 Å². The van der Waals surface area contributed by atoms with E-state index in [0.717, 1.165) is 96.5 Å².